The molecule has 0 aromatic heterocycles. The van der Waals surface area contributed by atoms with Gasteiger partial charge in [-0.1, -0.05) is 42.5 Å². The maximum absolute atomic E-state index is 15.1. The molecule has 0 aliphatic carbocycles. The van der Waals surface area contributed by atoms with Gasteiger partial charge in [0.15, 0.2) is 0 Å². The number of hydrogen-bond acceptors (Lipinski definition) is 1. The molecule has 0 aliphatic heterocycles. The first-order valence-corrected chi connectivity index (χ1v) is 11.5. The third-order valence-electron chi connectivity index (χ3n) is 6.24. The third-order valence-corrected chi connectivity index (χ3v) is 6.24. The van der Waals surface area contributed by atoms with Gasteiger partial charge in [0, 0.05) is 18.1 Å². The zero-order valence-corrected chi connectivity index (χ0v) is 19.6. The molecule has 1 nitrogen and oxygen atoms in total. The van der Waals surface area contributed by atoms with Gasteiger partial charge in [0.05, 0.1) is 12.2 Å². The highest BCUT2D eigenvalue weighted by atomic mass is 19.4. The first-order chi connectivity index (χ1) is 17.2. The van der Waals surface area contributed by atoms with Gasteiger partial charge in [0.1, 0.15) is 17.5 Å². The predicted octanol–water partition coefficient (Wildman–Crippen LogP) is 7.99. The first kappa shape index (κ1) is 25.8. The van der Waals surface area contributed by atoms with Crippen molar-refractivity contribution in [1.29, 1.82) is 0 Å². The molecule has 0 unspecified atom stereocenters. The number of aryl methyl sites for hydroxylation is 3. The summed E-state index contributed by atoms with van der Waals surface area (Å²) in [6, 6.07) is 16.0. The summed E-state index contributed by atoms with van der Waals surface area (Å²) in [6.45, 7) is 0.122. The van der Waals surface area contributed by atoms with Crippen LogP contribution in [0.25, 0.3) is 10.8 Å². The average Bonchev–Trinajstić information content (AvgIpc) is 2.83. The SMILES string of the molecule is COCc1cc(F)c(CCc2ccc3c(F)c(CCc4ccc(C(F)(F)F)cc4)ccc3c2)c(F)c1. The van der Waals surface area contributed by atoms with Gasteiger partial charge in [-0.2, -0.15) is 13.2 Å². The standard InChI is InChI=1S/C29H24F6O/c1-36-17-20-15-26(30)25(27(31)16-20)13-6-19-5-12-24-22(14-19)9-8-21(28(24)32)7-2-18-3-10-23(11-4-18)29(33,34)35/h3-5,8-12,14-16H,2,6-7,13,17H2,1H3. The summed E-state index contributed by atoms with van der Waals surface area (Å²) in [4.78, 5) is 0. The quantitative estimate of drug-likeness (QED) is 0.222. The fourth-order valence-corrected chi connectivity index (χ4v) is 4.29. The highest BCUT2D eigenvalue weighted by Crippen LogP contribution is 2.30. The van der Waals surface area contributed by atoms with Gasteiger partial charge in [-0.15, -0.1) is 0 Å². The Balaban J connectivity index is 1.45. The summed E-state index contributed by atoms with van der Waals surface area (Å²) >= 11 is 0. The minimum absolute atomic E-state index is 0.000236. The van der Waals surface area contributed by atoms with E-state index in [2.05, 4.69) is 0 Å². The number of hydrogen-bond donors (Lipinski definition) is 0. The van der Waals surface area contributed by atoms with Crippen molar-refractivity contribution in [2.24, 2.45) is 0 Å². The Morgan fingerprint density at radius 3 is 1.94 bits per heavy atom. The molecule has 4 aromatic rings. The van der Waals surface area contributed by atoms with Crippen LogP contribution in [0.5, 0.6) is 0 Å². The molecule has 7 heteroatoms. The van der Waals surface area contributed by atoms with Crippen LogP contribution >= 0.6 is 0 Å². The Kier molecular flexibility index (Phi) is 7.69. The Morgan fingerprint density at radius 1 is 0.667 bits per heavy atom. The molecule has 36 heavy (non-hydrogen) atoms. The molecule has 0 radical (unpaired) electrons. The van der Waals surface area contributed by atoms with Crippen molar-refractivity contribution in [1.82, 2.24) is 0 Å². The van der Waals surface area contributed by atoms with Crippen LogP contribution in [0.3, 0.4) is 0 Å². The summed E-state index contributed by atoms with van der Waals surface area (Å²) in [5.74, 6) is -1.62. The van der Waals surface area contributed by atoms with Gasteiger partial charge in [-0.05, 0) is 77.6 Å². The Labute approximate surface area is 205 Å². The Hall–Kier alpha value is -3.32. The van der Waals surface area contributed by atoms with E-state index in [-0.39, 0.29) is 24.4 Å². The number of methoxy groups -OCH3 is 1. The molecule has 4 rings (SSSR count). The monoisotopic (exact) mass is 502 g/mol. The lowest BCUT2D eigenvalue weighted by molar-refractivity contribution is -0.137. The second kappa shape index (κ2) is 10.7. The van der Waals surface area contributed by atoms with Gasteiger partial charge < -0.3 is 4.74 Å². The third kappa shape index (κ3) is 5.90. The zero-order chi connectivity index (χ0) is 25.9. The number of halogens is 6. The fraction of sp³-hybridized carbons (Fsp3) is 0.241. The molecule has 0 spiro atoms. The summed E-state index contributed by atoms with van der Waals surface area (Å²) < 4.78 is 86.9. The lowest BCUT2D eigenvalue weighted by Gasteiger charge is -2.11. The molecule has 0 heterocycles. The van der Waals surface area contributed by atoms with Crippen LogP contribution in [0.15, 0.2) is 66.7 Å². The molecule has 0 amide bonds. The van der Waals surface area contributed by atoms with Crippen molar-refractivity contribution in [3.63, 3.8) is 0 Å². The number of benzene rings is 4. The van der Waals surface area contributed by atoms with Crippen LogP contribution in [0.1, 0.15) is 33.4 Å². The minimum atomic E-state index is -4.39. The largest absolute Gasteiger partial charge is 0.416 e. The summed E-state index contributed by atoms with van der Waals surface area (Å²) in [5, 5.41) is 1.09. The summed E-state index contributed by atoms with van der Waals surface area (Å²) in [6.07, 6.45) is -3.11. The Morgan fingerprint density at radius 2 is 1.31 bits per heavy atom. The van der Waals surface area contributed by atoms with E-state index in [4.69, 9.17) is 4.74 Å². The van der Waals surface area contributed by atoms with Gasteiger partial charge in [0.2, 0.25) is 0 Å². The molecule has 0 saturated carbocycles. The van der Waals surface area contributed by atoms with Gasteiger partial charge in [-0.3, -0.25) is 0 Å². The number of fused-ring (bicyclic) bond motifs is 1. The molecule has 188 valence electrons. The lowest BCUT2D eigenvalue weighted by Crippen LogP contribution is -2.04. The highest BCUT2D eigenvalue weighted by Gasteiger charge is 2.29. The van der Waals surface area contributed by atoms with Crippen molar-refractivity contribution < 1.29 is 31.1 Å². The number of alkyl halides is 3. The van der Waals surface area contributed by atoms with Crippen LogP contribution < -0.4 is 0 Å². The molecule has 0 aliphatic rings. The van der Waals surface area contributed by atoms with Crippen molar-refractivity contribution in [3.05, 3.63) is 118 Å². The summed E-state index contributed by atoms with van der Waals surface area (Å²) in [7, 11) is 1.45. The van der Waals surface area contributed by atoms with E-state index in [0.29, 0.717) is 46.7 Å². The molecular weight excluding hydrogens is 478 g/mol. The van der Waals surface area contributed by atoms with Crippen LogP contribution in [-0.4, -0.2) is 7.11 Å². The van der Waals surface area contributed by atoms with Crippen LogP contribution in [0.2, 0.25) is 0 Å². The normalized spacial score (nSPS) is 11.9. The molecule has 0 atom stereocenters. The molecule has 0 saturated heterocycles. The summed E-state index contributed by atoms with van der Waals surface area (Å²) in [5.41, 5.74) is 1.68. The van der Waals surface area contributed by atoms with Crippen LogP contribution in [0, 0.1) is 17.5 Å². The van der Waals surface area contributed by atoms with Crippen molar-refractivity contribution >= 4 is 10.8 Å². The van der Waals surface area contributed by atoms with E-state index in [1.54, 1.807) is 30.3 Å². The maximum Gasteiger partial charge on any atom is 0.416 e. The molecule has 0 fully saturated rings. The Bertz CT molecular complexity index is 1340. The fourth-order valence-electron chi connectivity index (χ4n) is 4.29. The second-order valence-corrected chi connectivity index (χ2v) is 8.76. The van der Waals surface area contributed by atoms with E-state index in [0.717, 1.165) is 17.7 Å². The smallest absolute Gasteiger partial charge is 0.380 e. The molecule has 0 N–H and O–H groups in total. The van der Waals surface area contributed by atoms with Crippen molar-refractivity contribution in [2.45, 2.75) is 38.5 Å². The van der Waals surface area contributed by atoms with E-state index in [1.165, 1.54) is 31.4 Å². The van der Waals surface area contributed by atoms with Crippen LogP contribution in [-0.2, 0) is 43.2 Å². The van der Waals surface area contributed by atoms with Crippen LogP contribution in [0.4, 0.5) is 26.3 Å². The lowest BCUT2D eigenvalue weighted by atomic mass is 9.96. The van der Waals surface area contributed by atoms with E-state index < -0.39 is 23.4 Å². The van der Waals surface area contributed by atoms with E-state index >= 15 is 4.39 Å². The topological polar surface area (TPSA) is 9.23 Å². The van der Waals surface area contributed by atoms with Gasteiger partial charge >= 0.3 is 6.18 Å². The molecular formula is C29H24F6O. The number of rotatable bonds is 8. The maximum atomic E-state index is 15.1. The number of ether oxygens (including phenoxy) is 1. The average molecular weight is 502 g/mol. The van der Waals surface area contributed by atoms with Crippen molar-refractivity contribution in [2.75, 3.05) is 7.11 Å². The zero-order valence-electron chi connectivity index (χ0n) is 19.6. The highest BCUT2D eigenvalue weighted by molar-refractivity contribution is 5.84. The molecule has 4 aromatic carbocycles. The second-order valence-electron chi connectivity index (χ2n) is 8.76. The minimum Gasteiger partial charge on any atom is -0.380 e. The molecule has 0 bridgehead atoms. The van der Waals surface area contributed by atoms with Gasteiger partial charge in [0.25, 0.3) is 0 Å². The van der Waals surface area contributed by atoms with E-state index in [1.807, 2.05) is 0 Å². The first-order valence-electron chi connectivity index (χ1n) is 11.5. The predicted molar refractivity (Wildman–Crippen MR) is 127 cm³/mol. The van der Waals surface area contributed by atoms with Crippen molar-refractivity contribution in [3.8, 4) is 0 Å². The van der Waals surface area contributed by atoms with E-state index in [9.17, 15) is 22.0 Å². The van der Waals surface area contributed by atoms with Gasteiger partial charge in [-0.25, -0.2) is 13.2 Å².